The van der Waals surface area contributed by atoms with Crippen LogP contribution in [-0.2, 0) is 6.61 Å². The number of ether oxygens (including phenoxy) is 1. The van der Waals surface area contributed by atoms with E-state index < -0.39 is 0 Å². The van der Waals surface area contributed by atoms with Crippen LogP contribution in [0, 0.1) is 0 Å². The summed E-state index contributed by atoms with van der Waals surface area (Å²) < 4.78 is 10.9. The Morgan fingerprint density at radius 1 is 1.19 bits per heavy atom. The van der Waals surface area contributed by atoms with Crippen LogP contribution in [0.25, 0.3) is 11.5 Å². The SMILES string of the molecule is OC1CCCN(c2ccc(-c3nc(COc4ccccc4)no3)cn2)C1. The van der Waals surface area contributed by atoms with Gasteiger partial charge in [0.1, 0.15) is 11.6 Å². The second-order valence-electron chi connectivity index (χ2n) is 6.26. The predicted octanol–water partition coefficient (Wildman–Crippen LogP) is 2.67. The number of para-hydroxylation sites is 1. The topological polar surface area (TPSA) is 84.5 Å². The summed E-state index contributed by atoms with van der Waals surface area (Å²) in [4.78, 5) is 10.9. The Balaban J connectivity index is 1.41. The normalized spacial score (nSPS) is 17.3. The van der Waals surface area contributed by atoms with Gasteiger partial charge in [-0.05, 0) is 37.1 Å². The second kappa shape index (κ2) is 7.53. The number of piperidine rings is 1. The molecule has 1 aliphatic heterocycles. The first-order chi connectivity index (χ1) is 12.8. The molecule has 0 spiro atoms. The molecular weight excluding hydrogens is 332 g/mol. The van der Waals surface area contributed by atoms with Crippen molar-refractivity contribution in [3.05, 3.63) is 54.5 Å². The highest BCUT2D eigenvalue weighted by atomic mass is 16.5. The molecule has 0 aliphatic carbocycles. The standard InChI is InChI=1S/C19H20N4O3/c24-15-5-4-10-23(12-15)18-9-8-14(11-20-18)19-21-17(22-26-19)13-25-16-6-2-1-3-7-16/h1-3,6-9,11,15,24H,4-5,10,12-13H2. The lowest BCUT2D eigenvalue weighted by Gasteiger charge is -2.30. The smallest absolute Gasteiger partial charge is 0.259 e. The molecule has 1 atom stereocenters. The fraction of sp³-hybridized carbons (Fsp3) is 0.316. The van der Waals surface area contributed by atoms with Crippen LogP contribution in [0.1, 0.15) is 18.7 Å². The van der Waals surface area contributed by atoms with E-state index in [1.165, 1.54) is 0 Å². The number of aliphatic hydroxyl groups excluding tert-OH is 1. The highest BCUT2D eigenvalue weighted by molar-refractivity contribution is 5.54. The van der Waals surface area contributed by atoms with Gasteiger partial charge in [-0.15, -0.1) is 0 Å². The molecule has 1 saturated heterocycles. The molecule has 7 heteroatoms. The number of aromatic nitrogens is 3. The van der Waals surface area contributed by atoms with Crippen molar-refractivity contribution in [1.29, 1.82) is 0 Å². The second-order valence-corrected chi connectivity index (χ2v) is 6.26. The largest absolute Gasteiger partial charge is 0.485 e. The maximum Gasteiger partial charge on any atom is 0.259 e. The first-order valence-corrected chi connectivity index (χ1v) is 8.68. The minimum absolute atomic E-state index is 0.241. The number of pyridine rings is 1. The Morgan fingerprint density at radius 3 is 2.85 bits per heavy atom. The highest BCUT2D eigenvalue weighted by Gasteiger charge is 2.19. The number of benzene rings is 1. The van der Waals surface area contributed by atoms with Gasteiger partial charge in [0.15, 0.2) is 6.61 Å². The summed E-state index contributed by atoms with van der Waals surface area (Å²) in [5, 5.41) is 13.7. The zero-order chi connectivity index (χ0) is 17.8. The lowest BCUT2D eigenvalue weighted by atomic mass is 10.1. The van der Waals surface area contributed by atoms with Crippen molar-refractivity contribution in [2.75, 3.05) is 18.0 Å². The molecule has 0 radical (unpaired) electrons. The van der Waals surface area contributed by atoms with Crippen molar-refractivity contribution in [3.63, 3.8) is 0 Å². The Labute approximate surface area is 151 Å². The van der Waals surface area contributed by atoms with E-state index in [2.05, 4.69) is 20.0 Å². The summed E-state index contributed by atoms with van der Waals surface area (Å²) in [7, 11) is 0. The monoisotopic (exact) mass is 352 g/mol. The van der Waals surface area contributed by atoms with Crippen molar-refractivity contribution in [2.45, 2.75) is 25.6 Å². The molecule has 0 bridgehead atoms. The molecule has 1 fully saturated rings. The van der Waals surface area contributed by atoms with E-state index in [0.717, 1.165) is 36.5 Å². The van der Waals surface area contributed by atoms with Gasteiger partial charge in [0.05, 0.1) is 11.7 Å². The summed E-state index contributed by atoms with van der Waals surface area (Å²) in [5.74, 6) is 2.50. The number of β-amino-alcohol motifs (C(OH)–C–C–N with tert-alkyl or cyclic N) is 1. The zero-order valence-electron chi connectivity index (χ0n) is 14.3. The quantitative estimate of drug-likeness (QED) is 0.755. The number of aliphatic hydroxyl groups is 1. The van der Waals surface area contributed by atoms with Gasteiger partial charge in [-0.1, -0.05) is 23.4 Å². The number of nitrogens with zero attached hydrogens (tertiary/aromatic N) is 4. The van der Waals surface area contributed by atoms with E-state index in [1.54, 1.807) is 6.20 Å². The predicted molar refractivity (Wildman–Crippen MR) is 95.8 cm³/mol. The van der Waals surface area contributed by atoms with Gasteiger partial charge in [0.25, 0.3) is 5.89 Å². The van der Waals surface area contributed by atoms with Crippen LogP contribution in [-0.4, -0.2) is 39.4 Å². The van der Waals surface area contributed by atoms with Crippen molar-refractivity contribution in [2.24, 2.45) is 0 Å². The van der Waals surface area contributed by atoms with Gasteiger partial charge in [-0.25, -0.2) is 4.98 Å². The summed E-state index contributed by atoms with van der Waals surface area (Å²) >= 11 is 0. The first-order valence-electron chi connectivity index (χ1n) is 8.68. The average molecular weight is 352 g/mol. The van der Waals surface area contributed by atoms with Crippen LogP contribution in [0.15, 0.2) is 53.2 Å². The van der Waals surface area contributed by atoms with Crippen LogP contribution in [0.2, 0.25) is 0 Å². The molecule has 134 valence electrons. The van der Waals surface area contributed by atoms with Gasteiger partial charge in [0, 0.05) is 19.3 Å². The van der Waals surface area contributed by atoms with Gasteiger partial charge in [0.2, 0.25) is 5.82 Å². The molecule has 26 heavy (non-hydrogen) atoms. The Bertz CT molecular complexity index is 836. The molecule has 1 aromatic carbocycles. The molecule has 1 aliphatic rings. The van der Waals surface area contributed by atoms with Crippen LogP contribution >= 0.6 is 0 Å². The van der Waals surface area contributed by atoms with Crippen LogP contribution in [0.4, 0.5) is 5.82 Å². The van der Waals surface area contributed by atoms with Crippen LogP contribution < -0.4 is 9.64 Å². The minimum atomic E-state index is -0.284. The van der Waals surface area contributed by atoms with Crippen molar-refractivity contribution in [1.82, 2.24) is 15.1 Å². The Hall–Kier alpha value is -2.93. The van der Waals surface area contributed by atoms with Crippen LogP contribution in [0.3, 0.4) is 0 Å². The van der Waals surface area contributed by atoms with Crippen LogP contribution in [0.5, 0.6) is 5.75 Å². The maximum absolute atomic E-state index is 9.79. The average Bonchev–Trinajstić information content (AvgIpc) is 3.16. The van der Waals surface area contributed by atoms with Gasteiger partial charge in [-0.2, -0.15) is 4.98 Å². The number of anilines is 1. The molecule has 3 heterocycles. The zero-order valence-corrected chi connectivity index (χ0v) is 14.3. The molecular formula is C19H20N4O3. The molecule has 3 aromatic rings. The van der Waals surface area contributed by atoms with Crippen molar-refractivity contribution in [3.8, 4) is 17.2 Å². The fourth-order valence-corrected chi connectivity index (χ4v) is 2.96. The molecule has 0 saturated carbocycles. The highest BCUT2D eigenvalue weighted by Crippen LogP contribution is 2.22. The molecule has 0 amide bonds. The van der Waals surface area contributed by atoms with Gasteiger partial charge in [-0.3, -0.25) is 0 Å². The first kappa shape index (κ1) is 16.5. The van der Waals surface area contributed by atoms with Crippen molar-refractivity contribution >= 4 is 5.82 Å². The summed E-state index contributed by atoms with van der Waals surface area (Å²) in [6.07, 6.45) is 3.25. The maximum atomic E-state index is 9.79. The number of hydrogen-bond acceptors (Lipinski definition) is 7. The lowest BCUT2D eigenvalue weighted by molar-refractivity contribution is 0.154. The minimum Gasteiger partial charge on any atom is -0.485 e. The van der Waals surface area contributed by atoms with E-state index in [9.17, 15) is 5.11 Å². The molecule has 4 rings (SSSR count). The summed E-state index contributed by atoms with van der Waals surface area (Å²) in [6.45, 7) is 1.77. The van der Waals surface area contributed by atoms with Gasteiger partial charge >= 0.3 is 0 Å². The summed E-state index contributed by atoms with van der Waals surface area (Å²) in [6, 6.07) is 13.3. The third-order valence-corrected chi connectivity index (χ3v) is 4.29. The Kier molecular flexibility index (Phi) is 4.79. The molecule has 1 unspecified atom stereocenters. The summed E-state index contributed by atoms with van der Waals surface area (Å²) in [5.41, 5.74) is 0.754. The fourth-order valence-electron chi connectivity index (χ4n) is 2.96. The third-order valence-electron chi connectivity index (χ3n) is 4.29. The van der Waals surface area contributed by atoms with Gasteiger partial charge < -0.3 is 19.3 Å². The third kappa shape index (κ3) is 3.83. The van der Waals surface area contributed by atoms with E-state index in [0.29, 0.717) is 18.3 Å². The van der Waals surface area contributed by atoms with Crippen molar-refractivity contribution < 1.29 is 14.4 Å². The number of hydrogen-bond donors (Lipinski definition) is 1. The molecule has 2 aromatic heterocycles. The number of rotatable bonds is 5. The van der Waals surface area contributed by atoms with E-state index in [-0.39, 0.29) is 12.7 Å². The molecule has 1 N–H and O–H groups in total. The van der Waals surface area contributed by atoms with E-state index >= 15 is 0 Å². The Morgan fingerprint density at radius 2 is 2.08 bits per heavy atom. The van der Waals surface area contributed by atoms with E-state index in [4.69, 9.17) is 9.26 Å². The molecule has 7 nitrogen and oxygen atoms in total. The van der Waals surface area contributed by atoms with E-state index in [1.807, 2.05) is 42.5 Å². The lowest BCUT2D eigenvalue weighted by Crippen LogP contribution is -2.38.